The van der Waals surface area contributed by atoms with Crippen LogP contribution in [0.4, 0.5) is 4.39 Å². The van der Waals surface area contributed by atoms with Gasteiger partial charge in [-0.15, -0.1) is 0 Å². The number of carbonyl (C=O) groups is 1. The predicted molar refractivity (Wildman–Crippen MR) is 86.2 cm³/mol. The van der Waals surface area contributed by atoms with Crippen LogP contribution >= 0.6 is 27.5 Å². The van der Waals surface area contributed by atoms with Gasteiger partial charge in [0.25, 0.3) is 0 Å². The number of rotatable bonds is 2. The van der Waals surface area contributed by atoms with Crippen molar-refractivity contribution in [2.75, 3.05) is 0 Å². The quantitative estimate of drug-likeness (QED) is 0.565. The van der Waals surface area contributed by atoms with Crippen molar-refractivity contribution in [3.05, 3.63) is 74.6 Å². The van der Waals surface area contributed by atoms with E-state index >= 15 is 0 Å². The minimum absolute atomic E-state index is 0.00183. The number of aliphatic imine (C=N–C) groups is 1. The maximum atomic E-state index is 13.8. The van der Waals surface area contributed by atoms with Crippen molar-refractivity contribution in [3.63, 3.8) is 0 Å². The molecule has 0 bridgehead atoms. The predicted octanol–water partition coefficient (Wildman–Crippen LogP) is 4.59. The summed E-state index contributed by atoms with van der Waals surface area (Å²) >= 11 is 9.27. The number of nitrogens with zero attached hydrogens (tertiary/aromatic N) is 1. The maximum Gasteiger partial charge on any atom is 0.363 e. The number of hydrogen-bond donors (Lipinski definition) is 0. The molecule has 6 heteroatoms. The normalized spacial score (nSPS) is 15.9. The Morgan fingerprint density at radius 2 is 2.00 bits per heavy atom. The number of benzene rings is 2. The van der Waals surface area contributed by atoms with E-state index in [4.69, 9.17) is 16.3 Å². The second-order valence-corrected chi connectivity index (χ2v) is 5.80. The van der Waals surface area contributed by atoms with Gasteiger partial charge in [-0.25, -0.2) is 14.2 Å². The monoisotopic (exact) mass is 379 g/mol. The third-order valence-electron chi connectivity index (χ3n) is 2.97. The van der Waals surface area contributed by atoms with E-state index in [0.717, 1.165) is 4.47 Å². The van der Waals surface area contributed by atoms with Crippen LogP contribution in [0.5, 0.6) is 0 Å². The summed E-state index contributed by atoms with van der Waals surface area (Å²) in [7, 11) is 0. The van der Waals surface area contributed by atoms with Crippen LogP contribution in [0.1, 0.15) is 11.1 Å². The smallest absolute Gasteiger partial charge is 0.363 e. The van der Waals surface area contributed by atoms with Crippen LogP contribution in [0.15, 0.2) is 57.6 Å². The molecule has 2 aromatic rings. The fourth-order valence-electron chi connectivity index (χ4n) is 1.94. The molecule has 110 valence electrons. The first-order chi connectivity index (χ1) is 10.5. The Kier molecular flexibility index (Phi) is 4.09. The number of halogens is 3. The summed E-state index contributed by atoms with van der Waals surface area (Å²) in [6.07, 6.45) is 1.28. The van der Waals surface area contributed by atoms with Crippen LogP contribution in [0.25, 0.3) is 6.08 Å². The van der Waals surface area contributed by atoms with Gasteiger partial charge >= 0.3 is 5.97 Å². The lowest BCUT2D eigenvalue weighted by atomic mass is 10.2. The lowest BCUT2D eigenvalue weighted by Gasteiger charge is -1.99. The third-order valence-corrected chi connectivity index (χ3v) is 3.80. The van der Waals surface area contributed by atoms with Gasteiger partial charge in [-0.3, -0.25) is 0 Å². The van der Waals surface area contributed by atoms with Crippen molar-refractivity contribution in [1.82, 2.24) is 0 Å². The highest BCUT2D eigenvalue weighted by Gasteiger charge is 2.25. The van der Waals surface area contributed by atoms with Crippen LogP contribution < -0.4 is 0 Å². The molecule has 2 aromatic carbocycles. The Morgan fingerprint density at radius 3 is 2.73 bits per heavy atom. The highest BCUT2D eigenvalue weighted by atomic mass is 79.9. The summed E-state index contributed by atoms with van der Waals surface area (Å²) in [5.74, 6) is -1.00. The van der Waals surface area contributed by atoms with Crippen molar-refractivity contribution in [3.8, 4) is 0 Å². The van der Waals surface area contributed by atoms with Crippen molar-refractivity contribution >= 4 is 45.5 Å². The van der Waals surface area contributed by atoms with Crippen molar-refractivity contribution in [1.29, 1.82) is 0 Å². The molecule has 0 spiro atoms. The lowest BCUT2D eigenvalue weighted by Crippen LogP contribution is -2.05. The summed E-state index contributed by atoms with van der Waals surface area (Å²) in [6.45, 7) is 0. The number of ether oxygens (including phenoxy) is 1. The fraction of sp³-hybridized carbons (Fsp3) is 0. The number of cyclic esters (lactones) is 1. The van der Waals surface area contributed by atoms with Gasteiger partial charge in [-0.1, -0.05) is 39.7 Å². The number of hydrogen-bond acceptors (Lipinski definition) is 3. The molecule has 0 saturated carbocycles. The van der Waals surface area contributed by atoms with Crippen LogP contribution in [-0.4, -0.2) is 11.9 Å². The maximum absolute atomic E-state index is 13.8. The molecule has 1 aliphatic rings. The SMILES string of the molecule is O=C1OC(c2cccc(Br)c2)=NC1=Cc1c(F)cccc1Cl. The van der Waals surface area contributed by atoms with Gasteiger partial charge in [0, 0.05) is 15.6 Å². The van der Waals surface area contributed by atoms with Gasteiger partial charge < -0.3 is 4.74 Å². The summed E-state index contributed by atoms with van der Waals surface area (Å²) in [4.78, 5) is 16.0. The van der Waals surface area contributed by atoms with Gasteiger partial charge in [0.2, 0.25) is 5.90 Å². The fourth-order valence-corrected chi connectivity index (χ4v) is 2.56. The minimum Gasteiger partial charge on any atom is -0.402 e. The zero-order valence-corrected chi connectivity index (χ0v) is 13.4. The zero-order valence-electron chi connectivity index (χ0n) is 11.0. The van der Waals surface area contributed by atoms with Crippen LogP contribution in [0.2, 0.25) is 5.02 Å². The largest absolute Gasteiger partial charge is 0.402 e. The molecule has 0 amide bonds. The van der Waals surface area contributed by atoms with Gasteiger partial charge in [-0.2, -0.15) is 0 Å². The number of carbonyl (C=O) groups excluding carboxylic acids is 1. The van der Waals surface area contributed by atoms with Crippen molar-refractivity contribution in [2.45, 2.75) is 0 Å². The number of esters is 1. The second-order valence-electron chi connectivity index (χ2n) is 4.48. The molecule has 0 radical (unpaired) electrons. The van der Waals surface area contributed by atoms with Crippen molar-refractivity contribution in [2.24, 2.45) is 4.99 Å². The Labute approximate surface area is 139 Å². The standard InChI is InChI=1S/C16H8BrClFNO2/c17-10-4-1-3-9(7-10)15-20-14(16(21)22-15)8-11-12(18)5-2-6-13(11)19/h1-8H. The Balaban J connectivity index is 2.02. The minimum atomic E-state index is -0.644. The first kappa shape index (κ1) is 14.9. The molecule has 1 heterocycles. The molecule has 0 saturated heterocycles. The topological polar surface area (TPSA) is 38.7 Å². The van der Waals surface area contributed by atoms with E-state index in [1.165, 1.54) is 24.3 Å². The molecule has 3 rings (SSSR count). The van der Waals surface area contributed by atoms with E-state index in [-0.39, 0.29) is 22.2 Å². The average molecular weight is 381 g/mol. The van der Waals surface area contributed by atoms with E-state index in [1.54, 1.807) is 18.2 Å². The summed E-state index contributed by atoms with van der Waals surface area (Å²) in [5.41, 5.74) is 0.753. The first-order valence-corrected chi connectivity index (χ1v) is 7.44. The summed E-state index contributed by atoms with van der Waals surface area (Å²) < 4.78 is 19.7. The Morgan fingerprint density at radius 1 is 1.23 bits per heavy atom. The summed E-state index contributed by atoms with van der Waals surface area (Å²) in [6, 6.07) is 11.5. The van der Waals surface area contributed by atoms with E-state index in [2.05, 4.69) is 20.9 Å². The second kappa shape index (κ2) is 6.02. The first-order valence-electron chi connectivity index (χ1n) is 6.27. The van der Waals surface area contributed by atoms with Gasteiger partial charge in [-0.05, 0) is 36.4 Å². The molecule has 0 aliphatic carbocycles. The zero-order chi connectivity index (χ0) is 15.7. The molecule has 1 aliphatic heterocycles. The van der Waals surface area contributed by atoms with Crippen molar-refractivity contribution < 1.29 is 13.9 Å². The Bertz CT molecular complexity index is 812. The molecule has 22 heavy (non-hydrogen) atoms. The molecule has 0 unspecified atom stereocenters. The summed E-state index contributed by atoms with van der Waals surface area (Å²) in [5, 5.41) is 0.200. The Hall–Kier alpha value is -1.98. The van der Waals surface area contributed by atoms with Crippen LogP contribution in [0.3, 0.4) is 0 Å². The average Bonchev–Trinajstić information content (AvgIpc) is 2.84. The highest BCUT2D eigenvalue weighted by Crippen LogP contribution is 2.25. The molecule has 0 atom stereocenters. The van der Waals surface area contributed by atoms with E-state index < -0.39 is 11.8 Å². The van der Waals surface area contributed by atoms with Gasteiger partial charge in [0.05, 0.1) is 5.02 Å². The van der Waals surface area contributed by atoms with E-state index in [0.29, 0.717) is 5.56 Å². The third kappa shape index (κ3) is 2.96. The molecule has 3 nitrogen and oxygen atoms in total. The van der Waals surface area contributed by atoms with E-state index in [1.807, 2.05) is 6.07 Å². The van der Waals surface area contributed by atoms with Gasteiger partial charge in [0.15, 0.2) is 5.70 Å². The van der Waals surface area contributed by atoms with Crippen LogP contribution in [0, 0.1) is 5.82 Å². The lowest BCUT2D eigenvalue weighted by molar-refractivity contribution is -0.129. The molecule has 0 N–H and O–H groups in total. The molecular weight excluding hydrogens is 373 g/mol. The highest BCUT2D eigenvalue weighted by molar-refractivity contribution is 9.10. The van der Waals surface area contributed by atoms with Crippen LogP contribution in [-0.2, 0) is 9.53 Å². The molecule has 0 aromatic heterocycles. The van der Waals surface area contributed by atoms with E-state index in [9.17, 15) is 9.18 Å². The molecule has 0 fully saturated rings. The molecular formula is C16H8BrClFNO2. The van der Waals surface area contributed by atoms with Gasteiger partial charge in [0.1, 0.15) is 5.82 Å².